The molecule has 0 fully saturated rings. The van der Waals surface area contributed by atoms with Crippen LogP contribution >= 0.6 is 24.8 Å². The fourth-order valence-corrected chi connectivity index (χ4v) is 4.15. The Hall–Kier alpha value is -2.78. The Balaban J connectivity index is 0.00000272. The molecule has 10 heteroatoms. The molecule has 178 valence electrons. The number of nitrogens with two attached hydrogens (primary N) is 1. The Bertz CT molecular complexity index is 1190. The van der Waals surface area contributed by atoms with Crippen molar-refractivity contribution >= 4 is 52.1 Å². The number of rotatable bonds is 8. The molecule has 0 unspecified atom stereocenters. The van der Waals surface area contributed by atoms with Crippen molar-refractivity contribution in [3.63, 3.8) is 0 Å². The van der Waals surface area contributed by atoms with Crippen molar-refractivity contribution in [3.8, 4) is 11.1 Å². The van der Waals surface area contributed by atoms with Crippen LogP contribution in [0.25, 0.3) is 11.1 Å². The molecule has 33 heavy (non-hydrogen) atoms. The van der Waals surface area contributed by atoms with Gasteiger partial charge in [-0.15, -0.1) is 24.8 Å². The van der Waals surface area contributed by atoms with Crippen molar-refractivity contribution in [1.82, 2.24) is 4.90 Å². The van der Waals surface area contributed by atoms with E-state index in [1.54, 1.807) is 62.6 Å². The lowest BCUT2D eigenvalue weighted by Crippen LogP contribution is -2.21. The molecule has 0 bridgehead atoms. The van der Waals surface area contributed by atoms with Gasteiger partial charge in [0, 0.05) is 38.4 Å². The third-order valence-corrected chi connectivity index (χ3v) is 5.96. The smallest absolute Gasteiger partial charge is 0.261 e. The van der Waals surface area contributed by atoms with Crippen molar-refractivity contribution in [2.45, 2.75) is 4.90 Å². The number of amides is 1. The molecule has 0 aliphatic heterocycles. The average molecular weight is 511 g/mol. The zero-order valence-electron chi connectivity index (χ0n) is 18.3. The van der Waals surface area contributed by atoms with Gasteiger partial charge in [0.05, 0.1) is 10.6 Å². The Morgan fingerprint density at radius 2 is 1.48 bits per heavy atom. The summed E-state index contributed by atoms with van der Waals surface area (Å²) in [5, 5.41) is 3.12. The molecule has 4 N–H and O–H groups in total. The first-order valence-electron chi connectivity index (χ1n) is 9.79. The number of nitrogens with one attached hydrogen (secondary N) is 2. The maximum atomic E-state index is 13.0. The van der Waals surface area contributed by atoms with E-state index in [4.69, 9.17) is 5.73 Å². The van der Waals surface area contributed by atoms with Crippen LogP contribution in [0.5, 0.6) is 0 Å². The lowest BCUT2D eigenvalue weighted by Gasteiger charge is -2.13. The van der Waals surface area contributed by atoms with Crippen molar-refractivity contribution in [2.75, 3.05) is 37.2 Å². The molecule has 0 aromatic heterocycles. The number of sulfonamides is 1. The van der Waals surface area contributed by atoms with Crippen molar-refractivity contribution in [1.29, 1.82) is 0 Å². The lowest BCUT2D eigenvalue weighted by atomic mass is 10.0. The number of anilines is 2. The second kappa shape index (κ2) is 12.5. The van der Waals surface area contributed by atoms with Crippen LogP contribution in [-0.2, 0) is 10.0 Å². The van der Waals surface area contributed by atoms with Gasteiger partial charge in [-0.05, 0) is 53.6 Å². The summed E-state index contributed by atoms with van der Waals surface area (Å²) in [4.78, 5) is 13.9. The number of hydrogen-bond acceptors (Lipinski definition) is 5. The van der Waals surface area contributed by atoms with E-state index in [0.717, 1.165) is 11.3 Å². The van der Waals surface area contributed by atoms with Crippen LogP contribution in [0.2, 0.25) is 0 Å². The third-order valence-electron chi connectivity index (χ3n) is 4.58. The fraction of sp³-hybridized carbons (Fsp3) is 0.174. The lowest BCUT2D eigenvalue weighted by molar-refractivity contribution is 0.0827. The van der Waals surface area contributed by atoms with E-state index in [1.807, 2.05) is 18.2 Å². The predicted octanol–water partition coefficient (Wildman–Crippen LogP) is 4.07. The molecule has 7 nitrogen and oxygen atoms in total. The number of carbonyl (C=O) groups is 1. The van der Waals surface area contributed by atoms with Crippen LogP contribution in [0.1, 0.15) is 10.4 Å². The highest BCUT2D eigenvalue weighted by molar-refractivity contribution is 7.92. The highest BCUT2D eigenvalue weighted by Gasteiger charge is 2.16. The number of benzene rings is 3. The molecule has 3 rings (SSSR count). The molecule has 0 saturated carbocycles. The fourth-order valence-electron chi connectivity index (χ4n) is 3.06. The third kappa shape index (κ3) is 7.36. The zero-order valence-corrected chi connectivity index (χ0v) is 20.8. The molecule has 3 aromatic carbocycles. The van der Waals surface area contributed by atoms with Crippen LogP contribution < -0.4 is 15.8 Å². The first-order chi connectivity index (χ1) is 14.8. The van der Waals surface area contributed by atoms with Crippen LogP contribution in [0.15, 0.2) is 77.7 Å². The van der Waals surface area contributed by atoms with Gasteiger partial charge >= 0.3 is 0 Å². The summed E-state index contributed by atoms with van der Waals surface area (Å²) >= 11 is 0. The molecular weight excluding hydrogens is 483 g/mol. The first kappa shape index (κ1) is 28.3. The van der Waals surface area contributed by atoms with Gasteiger partial charge in [0.25, 0.3) is 15.9 Å². The minimum Gasteiger partial charge on any atom is -0.384 e. The van der Waals surface area contributed by atoms with E-state index in [9.17, 15) is 13.2 Å². The van der Waals surface area contributed by atoms with Crippen LogP contribution in [0.4, 0.5) is 11.4 Å². The topological polar surface area (TPSA) is 105 Å². The SMILES string of the molecule is CN(C)C(=O)c1cccc(-c2cccc(S(=O)(=O)Nc3cccc(NCCN)c3)c2)c1.Cl.Cl. The van der Waals surface area contributed by atoms with E-state index in [-0.39, 0.29) is 35.6 Å². The monoisotopic (exact) mass is 510 g/mol. The molecule has 0 aliphatic rings. The van der Waals surface area contributed by atoms with Crippen molar-refractivity contribution in [2.24, 2.45) is 5.73 Å². The van der Waals surface area contributed by atoms with E-state index in [2.05, 4.69) is 10.0 Å². The quantitative estimate of drug-likeness (QED) is 0.423. The molecular formula is C23H28Cl2N4O3S. The zero-order chi connectivity index (χ0) is 22.4. The van der Waals surface area contributed by atoms with Crippen molar-refractivity contribution in [3.05, 3.63) is 78.4 Å². The number of carbonyl (C=O) groups excluding carboxylic acids is 1. The summed E-state index contributed by atoms with van der Waals surface area (Å²) in [7, 11) is -0.421. The summed E-state index contributed by atoms with van der Waals surface area (Å²) in [5.41, 5.74) is 8.73. The summed E-state index contributed by atoms with van der Waals surface area (Å²) < 4.78 is 28.5. The summed E-state index contributed by atoms with van der Waals surface area (Å²) in [6.45, 7) is 1.07. The maximum Gasteiger partial charge on any atom is 0.261 e. The number of hydrogen-bond donors (Lipinski definition) is 3. The number of nitrogens with zero attached hydrogens (tertiary/aromatic N) is 1. The van der Waals surface area contributed by atoms with E-state index in [1.165, 1.54) is 11.0 Å². The normalized spacial score (nSPS) is 10.4. The second-order valence-electron chi connectivity index (χ2n) is 7.21. The van der Waals surface area contributed by atoms with Crippen LogP contribution in [0.3, 0.4) is 0 Å². The summed E-state index contributed by atoms with van der Waals surface area (Å²) in [6.07, 6.45) is 0. The first-order valence-corrected chi connectivity index (χ1v) is 11.3. The highest BCUT2D eigenvalue weighted by atomic mass is 35.5. The Labute approximate surface area is 207 Å². The Morgan fingerprint density at radius 1 is 0.879 bits per heavy atom. The number of halogens is 2. The molecule has 0 saturated heterocycles. The summed E-state index contributed by atoms with van der Waals surface area (Å²) in [6, 6.07) is 20.8. The largest absolute Gasteiger partial charge is 0.384 e. The molecule has 0 atom stereocenters. The minimum absolute atomic E-state index is 0. The van der Waals surface area contributed by atoms with Crippen LogP contribution in [-0.4, -0.2) is 46.4 Å². The van der Waals surface area contributed by atoms with E-state index < -0.39 is 10.0 Å². The van der Waals surface area contributed by atoms with E-state index in [0.29, 0.717) is 29.9 Å². The van der Waals surface area contributed by atoms with Crippen molar-refractivity contribution < 1.29 is 13.2 Å². The van der Waals surface area contributed by atoms with Gasteiger partial charge in [0.15, 0.2) is 0 Å². The maximum absolute atomic E-state index is 13.0. The average Bonchev–Trinajstić information content (AvgIpc) is 2.77. The van der Waals surface area contributed by atoms with Gasteiger partial charge < -0.3 is 16.0 Å². The molecule has 0 heterocycles. The second-order valence-corrected chi connectivity index (χ2v) is 8.89. The molecule has 0 radical (unpaired) electrons. The van der Waals surface area contributed by atoms with Gasteiger partial charge in [-0.1, -0.05) is 30.3 Å². The van der Waals surface area contributed by atoms with Gasteiger partial charge in [-0.3, -0.25) is 9.52 Å². The minimum atomic E-state index is -3.80. The molecule has 1 amide bonds. The Morgan fingerprint density at radius 3 is 2.15 bits per heavy atom. The molecule has 3 aromatic rings. The van der Waals surface area contributed by atoms with Gasteiger partial charge in [-0.2, -0.15) is 0 Å². The highest BCUT2D eigenvalue weighted by Crippen LogP contribution is 2.25. The molecule has 0 aliphatic carbocycles. The van der Waals surface area contributed by atoms with Gasteiger partial charge in [0.2, 0.25) is 0 Å². The Kier molecular flexibility index (Phi) is 10.7. The van der Waals surface area contributed by atoms with Gasteiger partial charge in [0.1, 0.15) is 0 Å². The van der Waals surface area contributed by atoms with Crippen LogP contribution in [0, 0.1) is 0 Å². The van der Waals surface area contributed by atoms with Gasteiger partial charge in [-0.25, -0.2) is 8.42 Å². The molecule has 0 spiro atoms. The van der Waals surface area contributed by atoms with E-state index >= 15 is 0 Å². The predicted molar refractivity (Wildman–Crippen MR) is 139 cm³/mol. The standard InChI is InChI=1S/C23H26N4O3S.2ClH/c1-27(2)23(28)19-8-3-6-17(14-19)18-7-4-11-22(15-18)31(29,30)26-21-10-5-9-20(16-21)25-13-12-24;;/h3-11,14-16,25-26H,12-13,24H2,1-2H3;2*1H. The summed E-state index contributed by atoms with van der Waals surface area (Å²) in [5.74, 6) is -0.115.